The van der Waals surface area contributed by atoms with Crippen LogP contribution in [0.15, 0.2) is 0 Å². The van der Waals surface area contributed by atoms with Gasteiger partial charge in [0.05, 0.1) is 26.1 Å². The first-order valence-electron chi connectivity index (χ1n) is 10.6. The van der Waals surface area contributed by atoms with Crippen LogP contribution in [0.5, 0.6) is 0 Å². The average Bonchev–Trinajstić information content (AvgIpc) is 2.64. The monoisotopic (exact) mass is 390 g/mol. The van der Waals surface area contributed by atoms with Crippen molar-refractivity contribution in [3.05, 3.63) is 0 Å². The summed E-state index contributed by atoms with van der Waals surface area (Å²) in [6.07, 6.45) is 15.1. The Hall–Kier alpha value is -0.770. The minimum atomic E-state index is -0.306. The van der Waals surface area contributed by atoms with Gasteiger partial charge >= 0.3 is 11.9 Å². The summed E-state index contributed by atoms with van der Waals surface area (Å²) in [5, 5.41) is 0. The number of rotatable bonds is 19. The lowest BCUT2D eigenvalue weighted by molar-refractivity contribution is -0.150. The second-order valence-electron chi connectivity index (χ2n) is 6.87. The second kappa shape index (κ2) is 20.5. The van der Waals surface area contributed by atoms with E-state index in [0.29, 0.717) is 13.2 Å². The molecule has 5 heteroatoms. The van der Waals surface area contributed by atoms with Gasteiger partial charge in [0.2, 0.25) is 0 Å². The maximum absolute atomic E-state index is 11.6. The van der Waals surface area contributed by atoms with Crippen molar-refractivity contribution in [3.63, 3.8) is 0 Å². The molecule has 0 aromatic carbocycles. The average molecular weight is 391 g/mol. The van der Waals surface area contributed by atoms with Gasteiger partial charge in [-0.2, -0.15) is 0 Å². The zero-order valence-electron chi connectivity index (χ0n) is 16.7. The van der Waals surface area contributed by atoms with Crippen molar-refractivity contribution < 1.29 is 19.1 Å². The zero-order chi connectivity index (χ0) is 19.3. The molecule has 0 unspecified atom stereocenters. The third-order valence-corrected chi connectivity index (χ3v) is 4.60. The Morgan fingerprint density at radius 2 is 1.00 bits per heavy atom. The highest BCUT2D eigenvalue weighted by Gasteiger charge is 2.09. The molecule has 154 valence electrons. The van der Waals surface area contributed by atoms with Crippen molar-refractivity contribution in [3.8, 4) is 0 Å². The number of halogens is 1. The minimum Gasteiger partial charge on any atom is -0.466 e. The molecule has 0 aromatic rings. The summed E-state index contributed by atoms with van der Waals surface area (Å²) in [6.45, 7) is 3.12. The highest BCUT2D eigenvalue weighted by Crippen LogP contribution is 2.08. The molecule has 0 aliphatic heterocycles. The van der Waals surface area contributed by atoms with Gasteiger partial charge in [-0.3, -0.25) is 9.59 Å². The van der Waals surface area contributed by atoms with Crippen LogP contribution < -0.4 is 0 Å². The number of hydrogen-bond donors (Lipinski definition) is 0. The molecule has 0 saturated heterocycles. The Balaban J connectivity index is 3.33. The predicted octanol–water partition coefficient (Wildman–Crippen LogP) is 6.18. The molecule has 0 saturated carbocycles. The van der Waals surface area contributed by atoms with Crippen molar-refractivity contribution >= 4 is 23.5 Å². The van der Waals surface area contributed by atoms with Crippen LogP contribution in [0.4, 0.5) is 0 Å². The fourth-order valence-corrected chi connectivity index (χ4v) is 2.87. The van der Waals surface area contributed by atoms with Crippen molar-refractivity contribution in [2.24, 2.45) is 0 Å². The summed E-state index contributed by atoms with van der Waals surface area (Å²) in [7, 11) is 0. The van der Waals surface area contributed by atoms with Gasteiger partial charge in [-0.05, 0) is 19.3 Å². The topological polar surface area (TPSA) is 52.6 Å². The molecule has 0 bridgehead atoms. The van der Waals surface area contributed by atoms with Crippen LogP contribution in [0.1, 0.15) is 103 Å². The quantitative estimate of drug-likeness (QED) is 0.150. The number of esters is 2. The predicted molar refractivity (Wildman–Crippen MR) is 108 cm³/mol. The Morgan fingerprint density at radius 3 is 1.42 bits per heavy atom. The molecule has 0 rings (SSSR count). The SMILES string of the molecule is CCCCCCCCCOC(=O)CCC(=O)OCCCCCCCCCl. The first-order valence-corrected chi connectivity index (χ1v) is 11.1. The van der Waals surface area contributed by atoms with E-state index in [1.54, 1.807) is 0 Å². The van der Waals surface area contributed by atoms with E-state index in [9.17, 15) is 9.59 Å². The van der Waals surface area contributed by atoms with Gasteiger partial charge in [0, 0.05) is 5.88 Å². The van der Waals surface area contributed by atoms with Crippen LogP contribution in [0.3, 0.4) is 0 Å². The summed E-state index contributed by atoms with van der Waals surface area (Å²) in [6, 6.07) is 0. The number of alkyl halides is 1. The zero-order valence-corrected chi connectivity index (χ0v) is 17.5. The standard InChI is InChI=1S/C21H39ClO4/c1-2-3-4-5-7-10-13-18-25-20(23)15-16-21(24)26-19-14-11-8-6-9-12-17-22/h2-19H2,1H3. The third kappa shape index (κ3) is 19.6. The minimum absolute atomic E-state index is 0.117. The summed E-state index contributed by atoms with van der Waals surface area (Å²) in [5.74, 6) is 0.131. The summed E-state index contributed by atoms with van der Waals surface area (Å²) >= 11 is 5.62. The van der Waals surface area contributed by atoms with Gasteiger partial charge in [-0.15, -0.1) is 11.6 Å². The summed E-state index contributed by atoms with van der Waals surface area (Å²) in [5.41, 5.74) is 0. The Kier molecular flexibility index (Phi) is 19.9. The number of carbonyl (C=O) groups excluding carboxylic acids is 2. The number of ether oxygens (including phenoxy) is 2. The van der Waals surface area contributed by atoms with Crippen molar-refractivity contribution in [1.82, 2.24) is 0 Å². The third-order valence-electron chi connectivity index (χ3n) is 4.34. The van der Waals surface area contributed by atoms with Gasteiger partial charge in [0.1, 0.15) is 0 Å². The maximum Gasteiger partial charge on any atom is 0.306 e. The van der Waals surface area contributed by atoms with Gasteiger partial charge in [-0.25, -0.2) is 0 Å². The van der Waals surface area contributed by atoms with Gasteiger partial charge in [0.15, 0.2) is 0 Å². The van der Waals surface area contributed by atoms with E-state index in [-0.39, 0.29) is 24.8 Å². The van der Waals surface area contributed by atoms with E-state index in [4.69, 9.17) is 21.1 Å². The van der Waals surface area contributed by atoms with E-state index in [2.05, 4.69) is 6.92 Å². The number of carbonyl (C=O) groups is 2. The van der Waals surface area contributed by atoms with E-state index >= 15 is 0 Å². The molecule has 4 nitrogen and oxygen atoms in total. The largest absolute Gasteiger partial charge is 0.466 e. The highest BCUT2D eigenvalue weighted by molar-refractivity contribution is 6.17. The second-order valence-corrected chi connectivity index (χ2v) is 7.25. The smallest absolute Gasteiger partial charge is 0.306 e. The molecule has 26 heavy (non-hydrogen) atoms. The lowest BCUT2D eigenvalue weighted by Gasteiger charge is -2.06. The van der Waals surface area contributed by atoms with Gasteiger partial charge < -0.3 is 9.47 Å². The van der Waals surface area contributed by atoms with Crippen LogP contribution in [-0.4, -0.2) is 31.0 Å². The lowest BCUT2D eigenvalue weighted by atomic mass is 10.1. The van der Waals surface area contributed by atoms with E-state index in [0.717, 1.165) is 44.4 Å². The normalized spacial score (nSPS) is 10.7. The van der Waals surface area contributed by atoms with Crippen LogP contribution in [0.25, 0.3) is 0 Å². The summed E-state index contributed by atoms with van der Waals surface area (Å²) in [4.78, 5) is 23.2. The number of unbranched alkanes of at least 4 members (excludes halogenated alkanes) is 11. The summed E-state index contributed by atoms with van der Waals surface area (Å²) < 4.78 is 10.3. The molecule has 0 N–H and O–H groups in total. The molecule has 0 heterocycles. The molecule has 0 fully saturated rings. The molecular formula is C21H39ClO4. The van der Waals surface area contributed by atoms with E-state index < -0.39 is 0 Å². The molecule has 0 atom stereocenters. The molecule has 0 aliphatic rings. The fourth-order valence-electron chi connectivity index (χ4n) is 2.68. The molecule has 0 amide bonds. The van der Waals surface area contributed by atoms with Gasteiger partial charge in [-0.1, -0.05) is 71.1 Å². The van der Waals surface area contributed by atoms with Crippen LogP contribution >= 0.6 is 11.6 Å². The molecule has 0 radical (unpaired) electrons. The Morgan fingerprint density at radius 1 is 0.615 bits per heavy atom. The number of hydrogen-bond acceptors (Lipinski definition) is 4. The van der Waals surface area contributed by atoms with E-state index in [1.807, 2.05) is 0 Å². The van der Waals surface area contributed by atoms with Crippen LogP contribution in [0.2, 0.25) is 0 Å². The first-order chi connectivity index (χ1) is 12.7. The van der Waals surface area contributed by atoms with Crippen molar-refractivity contribution in [2.75, 3.05) is 19.1 Å². The lowest BCUT2D eigenvalue weighted by Crippen LogP contribution is -2.11. The first kappa shape index (κ1) is 25.2. The van der Waals surface area contributed by atoms with Crippen molar-refractivity contribution in [1.29, 1.82) is 0 Å². The molecule has 0 aliphatic carbocycles. The fraction of sp³-hybridized carbons (Fsp3) is 0.905. The van der Waals surface area contributed by atoms with Crippen LogP contribution in [0, 0.1) is 0 Å². The van der Waals surface area contributed by atoms with Crippen molar-refractivity contribution in [2.45, 2.75) is 103 Å². The molecular weight excluding hydrogens is 352 g/mol. The highest BCUT2D eigenvalue weighted by atomic mass is 35.5. The molecule has 0 spiro atoms. The van der Waals surface area contributed by atoms with E-state index in [1.165, 1.54) is 44.9 Å². The van der Waals surface area contributed by atoms with Crippen LogP contribution in [-0.2, 0) is 19.1 Å². The Labute approximate surface area is 165 Å². The maximum atomic E-state index is 11.6. The Bertz CT molecular complexity index is 302. The van der Waals surface area contributed by atoms with Gasteiger partial charge in [0.25, 0.3) is 0 Å². The molecule has 0 aromatic heterocycles.